The molecule has 0 bridgehead atoms. The molecule has 15 heavy (non-hydrogen) atoms. The highest BCUT2D eigenvalue weighted by atomic mass is 35.5. The number of aliphatic hydroxyl groups excluding tert-OH is 1. The topological polar surface area (TPSA) is 29.5 Å². The van der Waals surface area contributed by atoms with Crippen molar-refractivity contribution >= 4 is 23.2 Å². The standard InChI is InChI=1S/C11H12Cl2O2/c12-8-1-2-9(10(13)5-8)11(14)7-3-4-15-6-7/h1-2,5,7,11,14H,3-4,6H2. The minimum absolute atomic E-state index is 0.142. The largest absolute Gasteiger partial charge is 0.388 e. The molecule has 1 N–H and O–H groups in total. The Hall–Kier alpha value is -0.280. The first-order valence-electron chi connectivity index (χ1n) is 4.89. The number of ether oxygens (including phenoxy) is 1. The molecule has 0 saturated carbocycles. The van der Waals surface area contributed by atoms with Gasteiger partial charge < -0.3 is 9.84 Å². The molecule has 1 aliphatic rings. The molecule has 0 aromatic heterocycles. The monoisotopic (exact) mass is 246 g/mol. The van der Waals surface area contributed by atoms with Crippen molar-refractivity contribution in [3.8, 4) is 0 Å². The molecular weight excluding hydrogens is 235 g/mol. The molecule has 0 spiro atoms. The third-order valence-corrected chi connectivity index (χ3v) is 3.25. The maximum absolute atomic E-state index is 10.1. The smallest absolute Gasteiger partial charge is 0.0855 e. The summed E-state index contributed by atoms with van der Waals surface area (Å²) in [7, 11) is 0. The molecule has 2 unspecified atom stereocenters. The minimum atomic E-state index is -0.558. The van der Waals surface area contributed by atoms with Crippen LogP contribution in [0.25, 0.3) is 0 Å². The van der Waals surface area contributed by atoms with Gasteiger partial charge in [0.05, 0.1) is 12.7 Å². The van der Waals surface area contributed by atoms with Crippen molar-refractivity contribution in [2.75, 3.05) is 13.2 Å². The molecule has 2 nitrogen and oxygen atoms in total. The van der Waals surface area contributed by atoms with Gasteiger partial charge in [-0.25, -0.2) is 0 Å². The molecule has 0 aliphatic carbocycles. The average Bonchev–Trinajstić information content (AvgIpc) is 2.69. The van der Waals surface area contributed by atoms with Crippen molar-refractivity contribution in [3.63, 3.8) is 0 Å². The van der Waals surface area contributed by atoms with E-state index in [-0.39, 0.29) is 5.92 Å². The zero-order valence-corrected chi connectivity index (χ0v) is 9.63. The van der Waals surface area contributed by atoms with E-state index < -0.39 is 6.10 Å². The van der Waals surface area contributed by atoms with E-state index in [9.17, 15) is 5.11 Å². The Morgan fingerprint density at radius 3 is 2.80 bits per heavy atom. The van der Waals surface area contributed by atoms with E-state index in [4.69, 9.17) is 27.9 Å². The molecule has 1 aromatic rings. The lowest BCUT2D eigenvalue weighted by molar-refractivity contribution is 0.0919. The van der Waals surface area contributed by atoms with Gasteiger partial charge in [0.15, 0.2) is 0 Å². The SMILES string of the molecule is OC(c1ccc(Cl)cc1Cl)C1CCOC1. The van der Waals surface area contributed by atoms with Crippen molar-refractivity contribution < 1.29 is 9.84 Å². The molecule has 1 fully saturated rings. The van der Waals surface area contributed by atoms with Crippen LogP contribution in [0, 0.1) is 5.92 Å². The number of hydrogen-bond acceptors (Lipinski definition) is 2. The molecule has 1 aromatic carbocycles. The number of aliphatic hydroxyl groups is 1. The average molecular weight is 247 g/mol. The minimum Gasteiger partial charge on any atom is -0.388 e. The van der Waals surface area contributed by atoms with Gasteiger partial charge in [-0.15, -0.1) is 0 Å². The lowest BCUT2D eigenvalue weighted by Crippen LogP contribution is -2.12. The Morgan fingerprint density at radius 2 is 2.20 bits per heavy atom. The maximum Gasteiger partial charge on any atom is 0.0855 e. The molecule has 82 valence electrons. The number of hydrogen-bond donors (Lipinski definition) is 1. The second-order valence-corrected chi connectivity index (χ2v) is 4.58. The van der Waals surface area contributed by atoms with Crippen LogP contribution in [0.5, 0.6) is 0 Å². The summed E-state index contributed by atoms with van der Waals surface area (Å²) in [6.07, 6.45) is 0.317. The maximum atomic E-state index is 10.1. The van der Waals surface area contributed by atoms with Crippen molar-refractivity contribution in [1.29, 1.82) is 0 Å². The van der Waals surface area contributed by atoms with Crippen LogP contribution in [0.2, 0.25) is 10.0 Å². The van der Waals surface area contributed by atoms with Crippen LogP contribution in [0.1, 0.15) is 18.1 Å². The van der Waals surface area contributed by atoms with Gasteiger partial charge in [0.2, 0.25) is 0 Å². The normalized spacial score (nSPS) is 23.0. The summed E-state index contributed by atoms with van der Waals surface area (Å²) in [6, 6.07) is 5.16. The lowest BCUT2D eigenvalue weighted by atomic mass is 9.95. The quantitative estimate of drug-likeness (QED) is 0.870. The first kappa shape index (κ1) is 11.2. The fourth-order valence-corrected chi connectivity index (χ4v) is 2.32. The summed E-state index contributed by atoms with van der Waals surface area (Å²) in [4.78, 5) is 0. The fourth-order valence-electron chi connectivity index (χ4n) is 1.80. The fraction of sp³-hybridized carbons (Fsp3) is 0.455. The van der Waals surface area contributed by atoms with E-state index >= 15 is 0 Å². The van der Waals surface area contributed by atoms with Gasteiger partial charge in [0.1, 0.15) is 0 Å². The Labute approximate surface area is 98.8 Å². The molecule has 2 atom stereocenters. The van der Waals surface area contributed by atoms with Crippen molar-refractivity contribution in [3.05, 3.63) is 33.8 Å². The number of halogens is 2. The molecular formula is C11H12Cl2O2. The van der Waals surface area contributed by atoms with Gasteiger partial charge in [-0.3, -0.25) is 0 Å². The Kier molecular flexibility index (Phi) is 3.52. The molecule has 0 amide bonds. The predicted molar refractivity (Wildman–Crippen MR) is 60.3 cm³/mol. The summed E-state index contributed by atoms with van der Waals surface area (Å²) in [5.41, 5.74) is 0.733. The molecule has 4 heteroatoms. The van der Waals surface area contributed by atoms with Gasteiger partial charge >= 0.3 is 0 Å². The van der Waals surface area contributed by atoms with Crippen LogP contribution < -0.4 is 0 Å². The van der Waals surface area contributed by atoms with Gasteiger partial charge in [-0.2, -0.15) is 0 Å². The van der Waals surface area contributed by atoms with Gasteiger partial charge in [0, 0.05) is 22.6 Å². The third kappa shape index (κ3) is 2.45. The predicted octanol–water partition coefficient (Wildman–Crippen LogP) is 3.06. The molecule has 1 heterocycles. The molecule has 1 saturated heterocycles. The highest BCUT2D eigenvalue weighted by Crippen LogP contribution is 2.33. The van der Waals surface area contributed by atoms with Crippen LogP contribution >= 0.6 is 23.2 Å². The van der Waals surface area contributed by atoms with Crippen molar-refractivity contribution in [1.82, 2.24) is 0 Å². The summed E-state index contributed by atoms with van der Waals surface area (Å²) >= 11 is 11.8. The molecule has 0 radical (unpaired) electrons. The number of rotatable bonds is 2. The van der Waals surface area contributed by atoms with E-state index in [1.165, 1.54) is 0 Å². The van der Waals surface area contributed by atoms with Crippen LogP contribution in [0.4, 0.5) is 0 Å². The number of benzene rings is 1. The zero-order chi connectivity index (χ0) is 10.8. The van der Waals surface area contributed by atoms with Crippen LogP contribution in [-0.2, 0) is 4.74 Å². The Bertz CT molecular complexity index is 348. The van der Waals surface area contributed by atoms with E-state index in [1.807, 2.05) is 0 Å². The van der Waals surface area contributed by atoms with Gasteiger partial charge in [0.25, 0.3) is 0 Å². The third-order valence-electron chi connectivity index (χ3n) is 2.69. The summed E-state index contributed by atoms with van der Waals surface area (Å²) in [6.45, 7) is 1.31. The van der Waals surface area contributed by atoms with E-state index in [2.05, 4.69) is 0 Å². The summed E-state index contributed by atoms with van der Waals surface area (Å²) < 4.78 is 5.23. The second-order valence-electron chi connectivity index (χ2n) is 3.73. The highest BCUT2D eigenvalue weighted by molar-refractivity contribution is 6.35. The zero-order valence-electron chi connectivity index (χ0n) is 8.12. The Morgan fingerprint density at radius 1 is 1.40 bits per heavy atom. The van der Waals surface area contributed by atoms with Gasteiger partial charge in [-0.1, -0.05) is 29.3 Å². The molecule has 1 aliphatic heterocycles. The van der Waals surface area contributed by atoms with E-state index in [1.54, 1.807) is 18.2 Å². The lowest BCUT2D eigenvalue weighted by Gasteiger charge is -2.18. The Balaban J connectivity index is 2.20. The highest BCUT2D eigenvalue weighted by Gasteiger charge is 2.26. The summed E-state index contributed by atoms with van der Waals surface area (Å²) in [5, 5.41) is 11.2. The first-order valence-corrected chi connectivity index (χ1v) is 5.65. The molecule has 2 rings (SSSR count). The second kappa shape index (κ2) is 4.71. The van der Waals surface area contributed by atoms with Crippen LogP contribution in [0.15, 0.2) is 18.2 Å². The van der Waals surface area contributed by atoms with Crippen LogP contribution in [-0.4, -0.2) is 18.3 Å². The van der Waals surface area contributed by atoms with Crippen molar-refractivity contribution in [2.24, 2.45) is 5.92 Å². The van der Waals surface area contributed by atoms with Crippen LogP contribution in [0.3, 0.4) is 0 Å². The van der Waals surface area contributed by atoms with E-state index in [0.29, 0.717) is 23.3 Å². The van der Waals surface area contributed by atoms with Crippen molar-refractivity contribution in [2.45, 2.75) is 12.5 Å². The summed E-state index contributed by atoms with van der Waals surface area (Å²) in [5.74, 6) is 0.142. The van der Waals surface area contributed by atoms with E-state index in [0.717, 1.165) is 12.0 Å². The first-order chi connectivity index (χ1) is 7.18. The van der Waals surface area contributed by atoms with Gasteiger partial charge in [-0.05, 0) is 24.1 Å².